The molecule has 0 heterocycles. The summed E-state index contributed by atoms with van der Waals surface area (Å²) in [5.74, 6) is 0.185. The van der Waals surface area contributed by atoms with Gasteiger partial charge in [0.2, 0.25) is 5.91 Å². The Balaban J connectivity index is 2.90. The number of amides is 1. The van der Waals surface area contributed by atoms with Crippen LogP contribution in [0.1, 0.15) is 23.2 Å². The standard InChI is InChI=1S/C14H23N3O3/c1-19-9-11(4-3-7-15)17-12-8-10(14(16)18)5-6-13(12)20-2/h5-6,8,11,17H,3-4,7,9,15H2,1-2H3,(H2,16,18). The lowest BCUT2D eigenvalue weighted by Crippen LogP contribution is -2.26. The first-order chi connectivity index (χ1) is 9.62. The van der Waals surface area contributed by atoms with Gasteiger partial charge in [0.05, 0.1) is 19.4 Å². The second-order valence-corrected chi connectivity index (χ2v) is 4.51. The molecule has 1 aromatic carbocycles. The second kappa shape index (κ2) is 8.39. The highest BCUT2D eigenvalue weighted by molar-refractivity contribution is 5.94. The van der Waals surface area contributed by atoms with Crippen molar-refractivity contribution < 1.29 is 14.3 Å². The third-order valence-corrected chi connectivity index (χ3v) is 2.97. The Morgan fingerprint density at radius 1 is 1.40 bits per heavy atom. The maximum absolute atomic E-state index is 11.2. The largest absolute Gasteiger partial charge is 0.495 e. The molecular formula is C14H23N3O3. The molecule has 0 radical (unpaired) electrons. The van der Waals surface area contributed by atoms with E-state index in [2.05, 4.69) is 5.32 Å². The van der Waals surface area contributed by atoms with Crippen LogP contribution in [0.4, 0.5) is 5.69 Å². The van der Waals surface area contributed by atoms with E-state index in [0.717, 1.165) is 18.5 Å². The first-order valence-electron chi connectivity index (χ1n) is 6.55. The van der Waals surface area contributed by atoms with E-state index in [-0.39, 0.29) is 6.04 Å². The summed E-state index contributed by atoms with van der Waals surface area (Å²) in [6, 6.07) is 5.14. The average Bonchev–Trinajstić information content (AvgIpc) is 2.44. The van der Waals surface area contributed by atoms with E-state index >= 15 is 0 Å². The highest BCUT2D eigenvalue weighted by Gasteiger charge is 2.13. The number of nitrogens with one attached hydrogen (secondary N) is 1. The molecular weight excluding hydrogens is 258 g/mol. The van der Waals surface area contributed by atoms with Crippen molar-refractivity contribution in [1.29, 1.82) is 0 Å². The Hall–Kier alpha value is -1.79. The summed E-state index contributed by atoms with van der Waals surface area (Å²) in [7, 11) is 3.23. The Labute approximate surface area is 119 Å². The Morgan fingerprint density at radius 3 is 2.70 bits per heavy atom. The van der Waals surface area contributed by atoms with Crippen LogP contribution in [0.15, 0.2) is 18.2 Å². The molecule has 0 aliphatic heterocycles. The molecule has 0 fully saturated rings. The predicted molar refractivity (Wildman–Crippen MR) is 79.1 cm³/mol. The molecule has 1 rings (SSSR count). The first kappa shape index (κ1) is 16.3. The number of hydrogen-bond donors (Lipinski definition) is 3. The van der Waals surface area contributed by atoms with Gasteiger partial charge in [-0.1, -0.05) is 0 Å². The van der Waals surface area contributed by atoms with Gasteiger partial charge in [-0.25, -0.2) is 0 Å². The SMILES string of the molecule is COCC(CCCN)Nc1cc(C(N)=O)ccc1OC. The fraction of sp³-hybridized carbons (Fsp3) is 0.500. The van der Waals surface area contributed by atoms with Crippen molar-refractivity contribution >= 4 is 11.6 Å². The third-order valence-electron chi connectivity index (χ3n) is 2.97. The zero-order chi connectivity index (χ0) is 15.0. The van der Waals surface area contributed by atoms with E-state index in [1.807, 2.05) is 0 Å². The molecule has 1 unspecified atom stereocenters. The normalized spacial score (nSPS) is 11.9. The van der Waals surface area contributed by atoms with Gasteiger partial charge in [-0.15, -0.1) is 0 Å². The third kappa shape index (κ3) is 4.71. The highest BCUT2D eigenvalue weighted by Crippen LogP contribution is 2.26. The van der Waals surface area contributed by atoms with Crippen molar-refractivity contribution in [3.05, 3.63) is 23.8 Å². The molecule has 0 bridgehead atoms. The summed E-state index contributed by atoms with van der Waals surface area (Å²) >= 11 is 0. The molecule has 0 aromatic heterocycles. The number of nitrogens with two attached hydrogens (primary N) is 2. The molecule has 0 aliphatic rings. The zero-order valence-electron chi connectivity index (χ0n) is 12.0. The summed E-state index contributed by atoms with van der Waals surface area (Å²) in [5, 5.41) is 3.32. The Morgan fingerprint density at radius 2 is 2.15 bits per heavy atom. The molecule has 20 heavy (non-hydrogen) atoms. The molecule has 6 heteroatoms. The maximum Gasteiger partial charge on any atom is 0.248 e. The highest BCUT2D eigenvalue weighted by atomic mass is 16.5. The number of hydrogen-bond acceptors (Lipinski definition) is 5. The van der Waals surface area contributed by atoms with E-state index in [1.54, 1.807) is 32.4 Å². The number of ether oxygens (including phenoxy) is 2. The van der Waals surface area contributed by atoms with Crippen molar-refractivity contribution in [2.45, 2.75) is 18.9 Å². The van der Waals surface area contributed by atoms with Gasteiger partial charge in [0.1, 0.15) is 5.75 Å². The van der Waals surface area contributed by atoms with Crippen molar-refractivity contribution in [3.8, 4) is 5.75 Å². The van der Waals surface area contributed by atoms with Gasteiger partial charge in [0.25, 0.3) is 0 Å². The summed E-state index contributed by atoms with van der Waals surface area (Å²) in [4.78, 5) is 11.2. The molecule has 112 valence electrons. The van der Waals surface area contributed by atoms with Crippen molar-refractivity contribution in [1.82, 2.24) is 0 Å². The summed E-state index contributed by atoms with van der Waals surface area (Å²) in [6.07, 6.45) is 1.76. The molecule has 5 N–H and O–H groups in total. The average molecular weight is 281 g/mol. The fourth-order valence-corrected chi connectivity index (χ4v) is 1.96. The number of primary amides is 1. The van der Waals surface area contributed by atoms with Crippen LogP contribution in [0, 0.1) is 0 Å². The lowest BCUT2D eigenvalue weighted by molar-refractivity contribution is 0.100. The monoisotopic (exact) mass is 281 g/mol. The Bertz CT molecular complexity index is 438. The molecule has 0 aliphatic carbocycles. The van der Waals surface area contributed by atoms with Gasteiger partial charge in [-0.3, -0.25) is 4.79 Å². The van der Waals surface area contributed by atoms with Gasteiger partial charge < -0.3 is 26.3 Å². The molecule has 1 aromatic rings. The number of anilines is 1. The van der Waals surface area contributed by atoms with Gasteiger partial charge in [0, 0.05) is 18.7 Å². The number of methoxy groups -OCH3 is 2. The maximum atomic E-state index is 11.2. The summed E-state index contributed by atoms with van der Waals surface area (Å²) < 4.78 is 10.5. The molecule has 0 saturated heterocycles. The van der Waals surface area contributed by atoms with E-state index in [0.29, 0.717) is 24.5 Å². The van der Waals surface area contributed by atoms with E-state index in [9.17, 15) is 4.79 Å². The number of benzene rings is 1. The number of carbonyl (C=O) groups excluding carboxylic acids is 1. The molecule has 0 spiro atoms. The van der Waals surface area contributed by atoms with Crippen LogP contribution in [0.3, 0.4) is 0 Å². The van der Waals surface area contributed by atoms with Crippen LogP contribution < -0.4 is 21.5 Å². The minimum atomic E-state index is -0.471. The first-order valence-corrected chi connectivity index (χ1v) is 6.55. The van der Waals surface area contributed by atoms with Crippen LogP contribution in [-0.4, -0.2) is 39.3 Å². The fourth-order valence-electron chi connectivity index (χ4n) is 1.96. The molecule has 1 atom stereocenters. The van der Waals surface area contributed by atoms with Crippen molar-refractivity contribution in [2.75, 3.05) is 32.7 Å². The minimum absolute atomic E-state index is 0.0978. The number of carbonyl (C=O) groups is 1. The predicted octanol–water partition coefficient (Wildman–Crippen LogP) is 0.960. The zero-order valence-corrected chi connectivity index (χ0v) is 12.0. The van der Waals surface area contributed by atoms with Gasteiger partial charge in [-0.05, 0) is 37.6 Å². The van der Waals surface area contributed by atoms with Crippen LogP contribution in [0.2, 0.25) is 0 Å². The summed E-state index contributed by atoms with van der Waals surface area (Å²) in [5.41, 5.74) is 12.0. The van der Waals surface area contributed by atoms with Crippen molar-refractivity contribution in [3.63, 3.8) is 0 Å². The van der Waals surface area contributed by atoms with Gasteiger partial charge in [-0.2, -0.15) is 0 Å². The summed E-state index contributed by atoms with van der Waals surface area (Å²) in [6.45, 7) is 1.17. The Kier molecular flexibility index (Phi) is 6.83. The van der Waals surface area contributed by atoms with Crippen LogP contribution in [0.5, 0.6) is 5.75 Å². The lowest BCUT2D eigenvalue weighted by Gasteiger charge is -2.21. The van der Waals surface area contributed by atoms with Crippen LogP contribution in [-0.2, 0) is 4.74 Å². The molecule has 0 saturated carbocycles. The molecule has 6 nitrogen and oxygen atoms in total. The van der Waals surface area contributed by atoms with E-state index < -0.39 is 5.91 Å². The topological polar surface area (TPSA) is 99.6 Å². The van der Waals surface area contributed by atoms with E-state index in [4.69, 9.17) is 20.9 Å². The second-order valence-electron chi connectivity index (χ2n) is 4.51. The number of rotatable bonds is 9. The minimum Gasteiger partial charge on any atom is -0.495 e. The quantitative estimate of drug-likeness (QED) is 0.626. The van der Waals surface area contributed by atoms with Crippen LogP contribution >= 0.6 is 0 Å². The van der Waals surface area contributed by atoms with E-state index in [1.165, 1.54) is 0 Å². The van der Waals surface area contributed by atoms with Gasteiger partial charge >= 0.3 is 0 Å². The molecule has 1 amide bonds. The van der Waals surface area contributed by atoms with Crippen LogP contribution in [0.25, 0.3) is 0 Å². The van der Waals surface area contributed by atoms with Gasteiger partial charge in [0.15, 0.2) is 0 Å². The van der Waals surface area contributed by atoms with Crippen molar-refractivity contribution in [2.24, 2.45) is 11.5 Å². The lowest BCUT2D eigenvalue weighted by atomic mass is 10.1. The smallest absolute Gasteiger partial charge is 0.248 e.